The molecule has 7 amide bonds. The van der Waals surface area contributed by atoms with Gasteiger partial charge in [-0.25, -0.2) is 19.6 Å². The first-order chi connectivity index (χ1) is 51.1. The minimum Gasteiger partial charge on any atom is -0.507 e. The number of benzene rings is 3. The van der Waals surface area contributed by atoms with Crippen molar-refractivity contribution in [3.63, 3.8) is 0 Å². The molecular formula is C75H92N16O14S. The van der Waals surface area contributed by atoms with Gasteiger partial charge in [0.15, 0.2) is 11.6 Å². The van der Waals surface area contributed by atoms with E-state index in [1.807, 2.05) is 75.7 Å². The van der Waals surface area contributed by atoms with Crippen LogP contribution in [0.25, 0.3) is 21.7 Å². The van der Waals surface area contributed by atoms with E-state index >= 15 is 0 Å². The highest BCUT2D eigenvalue weighted by molar-refractivity contribution is 7.13. The number of aryl methyl sites for hydroxylation is 1. The van der Waals surface area contributed by atoms with Crippen molar-refractivity contribution in [2.24, 2.45) is 17.1 Å². The molecule has 7 aromatic rings. The molecule has 8 heterocycles. The number of fused-ring (bicyclic) bond motifs is 2. The first-order valence-electron chi connectivity index (χ1n) is 36.1. The highest BCUT2D eigenvalue weighted by atomic mass is 32.1. The van der Waals surface area contributed by atoms with Gasteiger partial charge in [0.2, 0.25) is 29.5 Å². The third kappa shape index (κ3) is 17.7. The second-order valence-corrected chi connectivity index (χ2v) is 29.2. The summed E-state index contributed by atoms with van der Waals surface area (Å²) in [6.07, 6.45) is 3.27. The highest BCUT2D eigenvalue weighted by Gasteiger charge is 2.52. The predicted octanol–water partition coefficient (Wildman–Crippen LogP) is 7.44. The van der Waals surface area contributed by atoms with E-state index in [0.29, 0.717) is 85.6 Å². The van der Waals surface area contributed by atoms with E-state index < -0.39 is 59.4 Å². The number of aromatic hydroxyl groups is 1. The minimum absolute atomic E-state index is 0.0197. The topological polar surface area (TPSA) is 388 Å². The van der Waals surface area contributed by atoms with E-state index in [9.17, 15) is 48.9 Å². The average molecular weight is 1470 g/mol. The van der Waals surface area contributed by atoms with E-state index in [-0.39, 0.29) is 111 Å². The van der Waals surface area contributed by atoms with Crippen molar-refractivity contribution >= 4 is 75.9 Å². The Morgan fingerprint density at radius 3 is 2.26 bits per heavy atom. The molecule has 30 nitrogen and oxygen atoms in total. The highest BCUT2D eigenvalue weighted by Crippen LogP contribution is 2.43. The number of likely N-dealkylation sites (tertiary alicyclic amines) is 1. The Kier molecular flexibility index (Phi) is 23.9. The second kappa shape index (κ2) is 33.7. The van der Waals surface area contributed by atoms with Gasteiger partial charge in [-0.05, 0) is 123 Å². The van der Waals surface area contributed by atoms with Crippen molar-refractivity contribution < 1.29 is 67.6 Å². The number of aliphatic hydroxyl groups excluding tert-OH is 1. The zero-order valence-corrected chi connectivity index (χ0v) is 60.8. The van der Waals surface area contributed by atoms with Crippen molar-refractivity contribution in [2.45, 2.75) is 141 Å². The number of anilines is 4. The molecular weight excluding hydrogens is 1380 g/mol. The predicted molar refractivity (Wildman–Crippen MR) is 394 cm³/mol. The number of carbonyl (C=O) groups excluding carboxylic acids is 6. The maximum Gasteiger partial charge on any atom is 0.413 e. The molecule has 1 saturated carbocycles. The minimum atomic E-state index is -1.60. The van der Waals surface area contributed by atoms with Crippen molar-refractivity contribution in [3.05, 3.63) is 131 Å². The van der Waals surface area contributed by atoms with Crippen LogP contribution in [0.1, 0.15) is 114 Å². The number of ether oxygens (including phenoxy) is 3. The molecule has 2 bridgehead atoms. The average Bonchev–Trinajstić information content (AvgIpc) is 1.44. The molecule has 0 radical (unpaired) electrons. The number of hydrogen-bond donors (Lipinski definition) is 9. The van der Waals surface area contributed by atoms with Gasteiger partial charge in [0.25, 0.3) is 5.88 Å². The van der Waals surface area contributed by atoms with Crippen molar-refractivity contribution in [2.75, 3.05) is 92.5 Å². The summed E-state index contributed by atoms with van der Waals surface area (Å²) in [5, 5.41) is 58.3. The van der Waals surface area contributed by atoms with Gasteiger partial charge in [0, 0.05) is 119 Å². The summed E-state index contributed by atoms with van der Waals surface area (Å²) in [5.41, 5.74) is 11.7. The number of piperazine rings is 2. The van der Waals surface area contributed by atoms with Gasteiger partial charge in [0.1, 0.15) is 49.0 Å². The van der Waals surface area contributed by atoms with Gasteiger partial charge in [-0.2, -0.15) is 0 Å². The van der Waals surface area contributed by atoms with Gasteiger partial charge in [-0.1, -0.05) is 68.8 Å². The lowest BCUT2D eigenvalue weighted by molar-refractivity contribution is -0.162. The Hall–Kier alpha value is -10.5. The number of nitrogens with zero attached hydrogens (tertiary/aromatic N) is 10. The summed E-state index contributed by atoms with van der Waals surface area (Å²) in [6, 6.07) is 26.0. The Morgan fingerprint density at radius 2 is 1.58 bits per heavy atom. The monoisotopic (exact) mass is 1470 g/mol. The van der Waals surface area contributed by atoms with Gasteiger partial charge < -0.3 is 75.8 Å². The van der Waals surface area contributed by atoms with Crippen LogP contribution < -0.4 is 51.6 Å². The number of urea groups is 1. The molecule has 4 aromatic heterocycles. The fraction of sp³-hybridized carbons (Fsp3) is 0.467. The van der Waals surface area contributed by atoms with E-state index in [2.05, 4.69) is 78.4 Å². The van der Waals surface area contributed by atoms with Crippen molar-refractivity contribution in [3.8, 4) is 39.2 Å². The maximum atomic E-state index is 14.4. The van der Waals surface area contributed by atoms with Crippen LogP contribution in [0.5, 0.6) is 17.5 Å². The number of pyridine rings is 1. The number of rotatable bonds is 30. The molecule has 1 aliphatic carbocycles. The third-order valence-corrected chi connectivity index (χ3v) is 21.7. The summed E-state index contributed by atoms with van der Waals surface area (Å²) < 4.78 is 23.9. The lowest BCUT2D eigenvalue weighted by Crippen LogP contribution is -2.55. The zero-order chi connectivity index (χ0) is 74.8. The summed E-state index contributed by atoms with van der Waals surface area (Å²) in [6.45, 7) is 15.6. The lowest BCUT2D eigenvalue weighted by Gasteiger charge is -2.43. The molecule has 31 heteroatoms. The first-order valence-corrected chi connectivity index (χ1v) is 37.0. The van der Waals surface area contributed by atoms with Gasteiger partial charge in [-0.3, -0.25) is 39.1 Å². The number of aliphatic carboxylic acids is 1. The number of carboxylic acids is 1. The third-order valence-electron chi connectivity index (χ3n) is 20.8. The molecule has 10 N–H and O–H groups in total. The quantitative estimate of drug-likeness (QED) is 0.0156. The van der Waals surface area contributed by atoms with Crippen LogP contribution in [0.3, 0.4) is 0 Å². The number of carbonyl (C=O) groups is 7. The summed E-state index contributed by atoms with van der Waals surface area (Å²) in [4.78, 5) is 113. The number of nitrogens with two attached hydrogens (primary N) is 1. The molecule has 562 valence electrons. The van der Waals surface area contributed by atoms with Crippen molar-refractivity contribution in [1.29, 1.82) is 0 Å². The molecule has 4 saturated heterocycles. The maximum absolute atomic E-state index is 14.4. The molecule has 3 aromatic carbocycles. The number of amides is 7. The Bertz CT molecular complexity index is 4260. The second-order valence-electron chi connectivity index (χ2n) is 28.3. The summed E-state index contributed by atoms with van der Waals surface area (Å²) in [5.74, 6) is -2.95. The van der Waals surface area contributed by atoms with E-state index in [4.69, 9.17) is 24.5 Å². The number of thiazole rings is 1. The van der Waals surface area contributed by atoms with Crippen LogP contribution in [0.15, 0.2) is 113 Å². The van der Waals surface area contributed by atoms with Crippen LogP contribution in [0, 0.1) is 18.3 Å². The van der Waals surface area contributed by atoms with Crippen LogP contribution in [0.4, 0.5) is 32.5 Å². The van der Waals surface area contributed by atoms with Gasteiger partial charge in [0.05, 0.1) is 39.6 Å². The molecule has 4 aliphatic heterocycles. The lowest BCUT2D eigenvalue weighted by atomic mass is 9.68. The van der Waals surface area contributed by atoms with Crippen LogP contribution >= 0.6 is 11.3 Å². The number of aromatic nitrogens is 5. The number of para-hydroxylation sites is 1. The number of β-amino-alcohol motifs (C(OH)–C–C–N with tert-alkyl or cyclic N) is 1. The smallest absolute Gasteiger partial charge is 0.413 e. The van der Waals surface area contributed by atoms with Gasteiger partial charge >= 0.3 is 18.1 Å². The standard InChI is InChI=1S/C75H92N16O14S/c1-44(2)65(70(96)90-41-55(92)35-60(90)69(95)80-46(4)49-15-17-50(18-16-49)66-47(5)79-43-106-66)62-37-64(86-105-62)103-32-30-87-28-29-88(45(3)38-87)31-33-102-63-34-52(23-27-77-63)91-53-21-22-54(91)40-89(39-53)59-36-58(56-10-6-7-12-61(56)93)84-85-67(59)83-74(101)104-42-48-13-19-51(20-14-48)81-68(94)57(11-8-26-78-73(76)100)82-71(97)75(72(98)99)24-9-25-75/h6-7,10,12-20,23,27,34,36-37,43-46,53-55,57,60,65,92-93H,8-9,11,21-22,24-26,28-33,35,38-42H2,1-5H3,(H,80,95)(H,81,94)(H,82,97)(H,98,99)(H3,76,78,100)(H,83,85,101)/t45-,46+,53?,54?,55-,57+,60+,65?/m1/s1. The normalized spacial score (nSPS) is 20.0. The Morgan fingerprint density at radius 1 is 0.830 bits per heavy atom. The summed E-state index contributed by atoms with van der Waals surface area (Å²) >= 11 is 1.58. The van der Waals surface area contributed by atoms with Crippen LogP contribution in [-0.4, -0.2) is 205 Å². The zero-order valence-electron chi connectivity index (χ0n) is 60.0. The molecule has 12 rings (SSSR count). The first kappa shape index (κ1) is 75.2. The molecule has 106 heavy (non-hydrogen) atoms. The number of phenols is 1. The molecule has 5 fully saturated rings. The number of primary amides is 1. The number of nitrogens with one attached hydrogen (secondary N) is 5. The Labute approximate surface area is 617 Å². The fourth-order valence-corrected chi connectivity index (χ4v) is 15.6. The van der Waals surface area contributed by atoms with Gasteiger partial charge in [-0.15, -0.1) is 21.5 Å². The summed E-state index contributed by atoms with van der Waals surface area (Å²) in [7, 11) is 0. The molecule has 5 aliphatic rings. The SMILES string of the molecule is Cc1ncsc1-c1ccc([C@H](C)NC(=O)[C@@H]2C[C@@H](O)CN2C(=O)C(c2cc(OCCN3CCN(CCOc4cc(N5C6CCC5CN(c5cc(-c7ccccc7O)nnc5NC(=O)OCc5ccc(NC(=O)[C@H](CCCNC(N)=O)NC(=O)C7(C(=O)O)CCC7)cc5)C6)ccn4)[C@H](C)C3)no2)C(C)C)cc1. The fourth-order valence-electron chi connectivity index (χ4n) is 14.8. The van der Waals surface area contributed by atoms with Crippen LogP contribution in [-0.2, 0) is 35.3 Å². The Balaban J connectivity index is 0.597. The molecule has 3 unspecified atom stereocenters. The number of hydrogen-bond acceptors (Lipinski definition) is 23. The largest absolute Gasteiger partial charge is 0.507 e. The van der Waals surface area contributed by atoms with Crippen LogP contribution in [0.2, 0.25) is 0 Å². The van der Waals surface area contributed by atoms with Crippen molar-refractivity contribution in [1.82, 2.24) is 56.0 Å². The van der Waals surface area contributed by atoms with E-state index in [1.54, 1.807) is 72.1 Å². The van der Waals surface area contributed by atoms with E-state index in [0.717, 1.165) is 59.9 Å². The molecule has 8 atom stereocenters. The number of phenolic OH excluding ortho intramolecular Hbond substituents is 1. The van der Waals surface area contributed by atoms with E-state index in [1.165, 1.54) is 4.90 Å². The molecule has 0 spiro atoms. The number of aliphatic hydroxyl groups is 1. The number of carboxylic acid groups (broad SMARTS) is 1.